The fraction of sp³-hybridized carbons (Fsp3) is 0.400. The van der Waals surface area contributed by atoms with Crippen molar-refractivity contribution in [2.75, 3.05) is 0 Å². The zero-order chi connectivity index (χ0) is 9.56. The Morgan fingerprint density at radius 3 is 2.58 bits per heavy atom. The Hall–Kier alpha value is -0.0900. The Morgan fingerprint density at radius 2 is 2.17 bits per heavy atom. The lowest BCUT2D eigenvalue weighted by atomic mass is 10.1. The first-order valence-corrected chi connectivity index (χ1v) is 5.10. The molecule has 0 aromatic carbocycles. The van der Waals surface area contributed by atoms with Gasteiger partial charge in [0, 0.05) is 0 Å². The molecule has 68 valence electrons. The lowest BCUT2D eigenvalue weighted by Gasteiger charge is -2.07. The fourth-order valence-electron chi connectivity index (χ4n) is 0.639. The van der Waals surface area contributed by atoms with Crippen LogP contribution in [0.2, 0.25) is 0 Å². The number of hydrogen-bond donors (Lipinski definition) is 1. The van der Waals surface area contributed by atoms with E-state index in [1.54, 1.807) is 6.08 Å². The Labute approximate surface area is 88.0 Å². The standard InChI is InChI=1S/C10H15IO/c1-4-8(2)5-6-10(12)9(3)7-11/h4-5,7,10,12H,1,6H2,2-3H3/b8-5+,9-7?. The van der Waals surface area contributed by atoms with Gasteiger partial charge in [-0.25, -0.2) is 0 Å². The second-order valence-electron chi connectivity index (χ2n) is 2.76. The summed E-state index contributed by atoms with van der Waals surface area (Å²) in [5.74, 6) is 0. The van der Waals surface area contributed by atoms with Gasteiger partial charge in [0.25, 0.3) is 0 Å². The molecule has 0 fully saturated rings. The van der Waals surface area contributed by atoms with Crippen LogP contribution in [-0.2, 0) is 0 Å². The fourth-order valence-corrected chi connectivity index (χ4v) is 1.05. The highest BCUT2D eigenvalue weighted by molar-refractivity contribution is 14.1. The van der Waals surface area contributed by atoms with E-state index in [4.69, 9.17) is 0 Å². The summed E-state index contributed by atoms with van der Waals surface area (Å²) in [6.07, 6.45) is 4.09. The smallest absolute Gasteiger partial charge is 0.0789 e. The van der Waals surface area contributed by atoms with Crippen LogP contribution in [0.4, 0.5) is 0 Å². The summed E-state index contributed by atoms with van der Waals surface area (Å²) in [4.78, 5) is 0. The van der Waals surface area contributed by atoms with Gasteiger partial charge in [-0.05, 0) is 29.9 Å². The minimum absolute atomic E-state index is 0.350. The van der Waals surface area contributed by atoms with Crippen molar-refractivity contribution in [1.29, 1.82) is 0 Å². The average molecular weight is 278 g/mol. The Bertz CT molecular complexity index is 204. The van der Waals surface area contributed by atoms with Crippen LogP contribution in [0.5, 0.6) is 0 Å². The van der Waals surface area contributed by atoms with Gasteiger partial charge in [-0.2, -0.15) is 0 Å². The molecule has 12 heavy (non-hydrogen) atoms. The molecule has 0 aliphatic rings. The molecule has 1 atom stereocenters. The highest BCUT2D eigenvalue weighted by Gasteiger charge is 2.02. The minimum atomic E-state index is -0.350. The van der Waals surface area contributed by atoms with Gasteiger partial charge in [0.2, 0.25) is 0 Å². The normalized spacial score (nSPS) is 16.0. The summed E-state index contributed by atoms with van der Waals surface area (Å²) in [7, 11) is 0. The molecular weight excluding hydrogens is 263 g/mol. The topological polar surface area (TPSA) is 20.2 Å². The molecule has 0 aromatic heterocycles. The van der Waals surface area contributed by atoms with E-state index in [0.717, 1.165) is 11.1 Å². The van der Waals surface area contributed by atoms with Crippen molar-refractivity contribution in [2.45, 2.75) is 26.4 Å². The molecule has 2 heteroatoms. The first-order valence-electron chi connectivity index (χ1n) is 3.86. The van der Waals surface area contributed by atoms with Gasteiger partial charge in [-0.3, -0.25) is 0 Å². The second-order valence-corrected chi connectivity index (χ2v) is 3.38. The summed E-state index contributed by atoms with van der Waals surface area (Å²) < 4.78 is 1.90. The van der Waals surface area contributed by atoms with E-state index >= 15 is 0 Å². The molecule has 1 nitrogen and oxygen atoms in total. The third kappa shape index (κ3) is 4.72. The SMILES string of the molecule is C=C/C(C)=C/CC(O)C(C)=CI. The van der Waals surface area contributed by atoms with Crippen molar-refractivity contribution in [1.82, 2.24) is 0 Å². The zero-order valence-electron chi connectivity index (χ0n) is 7.55. The van der Waals surface area contributed by atoms with Gasteiger partial charge in [0.05, 0.1) is 6.10 Å². The summed E-state index contributed by atoms with van der Waals surface area (Å²) >= 11 is 2.13. The van der Waals surface area contributed by atoms with Crippen molar-refractivity contribution in [2.24, 2.45) is 0 Å². The van der Waals surface area contributed by atoms with Gasteiger partial charge < -0.3 is 5.11 Å². The highest BCUT2D eigenvalue weighted by Crippen LogP contribution is 2.10. The second kappa shape index (κ2) is 6.43. The van der Waals surface area contributed by atoms with Crippen LogP contribution in [0, 0.1) is 0 Å². The lowest BCUT2D eigenvalue weighted by molar-refractivity contribution is 0.214. The van der Waals surface area contributed by atoms with Crippen LogP contribution in [0.15, 0.2) is 34.0 Å². The average Bonchev–Trinajstić information content (AvgIpc) is 2.11. The Balaban J connectivity index is 4.02. The lowest BCUT2D eigenvalue weighted by Crippen LogP contribution is -2.05. The van der Waals surface area contributed by atoms with Crippen LogP contribution >= 0.6 is 22.6 Å². The summed E-state index contributed by atoms with van der Waals surface area (Å²) in [6, 6.07) is 0. The molecule has 0 saturated heterocycles. The van der Waals surface area contributed by atoms with E-state index in [-0.39, 0.29) is 6.10 Å². The number of rotatable bonds is 4. The monoisotopic (exact) mass is 278 g/mol. The summed E-state index contributed by atoms with van der Waals surface area (Å²) in [5, 5.41) is 9.51. The van der Waals surface area contributed by atoms with E-state index < -0.39 is 0 Å². The van der Waals surface area contributed by atoms with Gasteiger partial charge >= 0.3 is 0 Å². The molecule has 0 spiro atoms. The van der Waals surface area contributed by atoms with E-state index in [1.807, 2.05) is 24.0 Å². The molecule has 0 heterocycles. The maximum absolute atomic E-state index is 9.51. The van der Waals surface area contributed by atoms with Crippen LogP contribution in [-0.4, -0.2) is 11.2 Å². The van der Waals surface area contributed by atoms with Gasteiger partial charge in [-0.15, -0.1) is 0 Å². The van der Waals surface area contributed by atoms with Crippen molar-refractivity contribution < 1.29 is 5.11 Å². The Kier molecular flexibility index (Phi) is 6.38. The molecule has 1 unspecified atom stereocenters. The van der Waals surface area contributed by atoms with Crippen LogP contribution in [0.25, 0.3) is 0 Å². The van der Waals surface area contributed by atoms with Crippen molar-refractivity contribution in [3.63, 3.8) is 0 Å². The molecule has 0 rings (SSSR count). The van der Waals surface area contributed by atoms with Crippen molar-refractivity contribution in [3.05, 3.63) is 34.0 Å². The first kappa shape index (κ1) is 11.9. The zero-order valence-corrected chi connectivity index (χ0v) is 9.71. The molecule has 0 saturated carbocycles. The van der Waals surface area contributed by atoms with Crippen molar-refractivity contribution in [3.8, 4) is 0 Å². The molecule has 1 N–H and O–H groups in total. The largest absolute Gasteiger partial charge is 0.388 e. The number of hydrogen-bond acceptors (Lipinski definition) is 1. The van der Waals surface area contributed by atoms with E-state index in [1.165, 1.54) is 0 Å². The molecule has 0 radical (unpaired) electrons. The van der Waals surface area contributed by atoms with Crippen LogP contribution in [0.1, 0.15) is 20.3 Å². The highest BCUT2D eigenvalue weighted by atomic mass is 127. The van der Waals surface area contributed by atoms with Crippen LogP contribution in [0.3, 0.4) is 0 Å². The molecular formula is C10H15IO. The van der Waals surface area contributed by atoms with Crippen molar-refractivity contribution >= 4 is 22.6 Å². The number of aliphatic hydroxyl groups is 1. The third-order valence-corrected chi connectivity index (χ3v) is 2.67. The van der Waals surface area contributed by atoms with Gasteiger partial charge in [0.1, 0.15) is 0 Å². The molecule has 0 aliphatic heterocycles. The maximum atomic E-state index is 9.51. The Morgan fingerprint density at radius 1 is 1.58 bits per heavy atom. The quantitative estimate of drug-likeness (QED) is 0.618. The van der Waals surface area contributed by atoms with E-state index in [0.29, 0.717) is 6.42 Å². The maximum Gasteiger partial charge on any atom is 0.0789 e. The number of allylic oxidation sites excluding steroid dienone is 2. The van der Waals surface area contributed by atoms with E-state index in [9.17, 15) is 5.11 Å². The molecule has 0 bridgehead atoms. The summed E-state index contributed by atoms with van der Waals surface area (Å²) in [5.41, 5.74) is 2.11. The number of aliphatic hydroxyl groups excluding tert-OH is 1. The minimum Gasteiger partial charge on any atom is -0.388 e. The predicted molar refractivity (Wildman–Crippen MR) is 62.4 cm³/mol. The molecule has 0 aromatic rings. The predicted octanol–water partition coefficient (Wildman–Crippen LogP) is 3.21. The number of halogens is 1. The van der Waals surface area contributed by atoms with Gasteiger partial charge in [-0.1, -0.05) is 46.9 Å². The third-order valence-electron chi connectivity index (χ3n) is 1.68. The summed E-state index contributed by atoms with van der Waals surface area (Å²) in [6.45, 7) is 7.54. The van der Waals surface area contributed by atoms with Crippen LogP contribution < -0.4 is 0 Å². The van der Waals surface area contributed by atoms with Gasteiger partial charge in [0.15, 0.2) is 0 Å². The molecule has 0 aliphatic carbocycles. The molecule has 0 amide bonds. The van der Waals surface area contributed by atoms with E-state index in [2.05, 4.69) is 29.2 Å². The first-order chi connectivity index (χ1) is 5.61.